The molecule has 1 atom stereocenters. The van der Waals surface area contributed by atoms with Crippen LogP contribution in [0, 0.1) is 5.92 Å². The molecule has 1 aliphatic carbocycles. The van der Waals surface area contributed by atoms with Gasteiger partial charge < -0.3 is 20.3 Å². The maximum atomic E-state index is 9.98. The summed E-state index contributed by atoms with van der Waals surface area (Å²) in [6, 6.07) is 0. The monoisotopic (exact) mass is 301 g/mol. The minimum atomic E-state index is -0.487. The molecule has 0 aromatic carbocycles. The lowest BCUT2D eigenvalue weighted by Crippen LogP contribution is -2.53. The predicted molar refractivity (Wildman–Crippen MR) is 86.4 cm³/mol. The Labute approximate surface area is 130 Å². The normalized spacial score (nSPS) is 27.7. The molecule has 1 unspecified atom stereocenters. The Hall–Kier alpha value is -0.160. The Bertz CT molecular complexity index is 252. The fourth-order valence-electron chi connectivity index (χ4n) is 2.95. The summed E-state index contributed by atoms with van der Waals surface area (Å²) in [5, 5.41) is 23.0. The summed E-state index contributed by atoms with van der Waals surface area (Å²) >= 11 is 0. The van der Waals surface area contributed by atoms with Crippen LogP contribution >= 0.6 is 0 Å². The topological polar surface area (TPSA) is 61.7 Å². The number of nitrogens with one attached hydrogen (secondary N) is 1. The fourth-order valence-corrected chi connectivity index (χ4v) is 2.95. The second kappa shape index (κ2) is 10.5. The minimum Gasteiger partial charge on any atom is -0.394 e. The highest BCUT2D eigenvalue weighted by Crippen LogP contribution is 2.31. The molecular weight excluding hydrogens is 266 g/mol. The third-order valence-electron chi connectivity index (χ3n) is 4.70. The first-order valence-electron chi connectivity index (χ1n) is 8.73. The lowest BCUT2D eigenvalue weighted by Gasteiger charge is -2.39. The maximum Gasteiger partial charge on any atom is 0.0897 e. The van der Waals surface area contributed by atoms with E-state index in [1.54, 1.807) is 0 Å². The van der Waals surface area contributed by atoms with Crippen LogP contribution in [0.15, 0.2) is 0 Å². The molecule has 0 aromatic rings. The SMILES string of the molecule is CCCCCCOCC(O)CNC1(CO)CCC(C)CC1. The highest BCUT2D eigenvalue weighted by molar-refractivity contribution is 4.92. The Morgan fingerprint density at radius 3 is 2.57 bits per heavy atom. The van der Waals surface area contributed by atoms with Crippen LogP contribution in [0.4, 0.5) is 0 Å². The zero-order valence-corrected chi connectivity index (χ0v) is 13.9. The van der Waals surface area contributed by atoms with Crippen LogP contribution in [0.1, 0.15) is 65.2 Å². The van der Waals surface area contributed by atoms with Gasteiger partial charge in [0.25, 0.3) is 0 Å². The molecule has 4 heteroatoms. The van der Waals surface area contributed by atoms with E-state index >= 15 is 0 Å². The summed E-state index contributed by atoms with van der Waals surface area (Å²) in [7, 11) is 0. The smallest absolute Gasteiger partial charge is 0.0897 e. The van der Waals surface area contributed by atoms with Gasteiger partial charge in [0.15, 0.2) is 0 Å². The van der Waals surface area contributed by atoms with Crippen LogP contribution in [0.5, 0.6) is 0 Å². The Morgan fingerprint density at radius 1 is 1.24 bits per heavy atom. The third-order valence-corrected chi connectivity index (χ3v) is 4.70. The molecule has 21 heavy (non-hydrogen) atoms. The summed E-state index contributed by atoms with van der Waals surface area (Å²) in [5.74, 6) is 0.753. The van der Waals surface area contributed by atoms with E-state index in [1.165, 1.54) is 19.3 Å². The van der Waals surface area contributed by atoms with Crippen LogP contribution in [-0.2, 0) is 4.74 Å². The zero-order chi connectivity index (χ0) is 15.6. The Kier molecular flexibility index (Phi) is 9.49. The second-order valence-corrected chi connectivity index (χ2v) is 6.79. The average molecular weight is 301 g/mol. The molecule has 1 aliphatic rings. The van der Waals surface area contributed by atoms with Crippen molar-refractivity contribution in [1.29, 1.82) is 0 Å². The number of β-amino-alcohol motifs (C(OH)–C–C–N with tert-alkyl or cyclic N) is 1. The van der Waals surface area contributed by atoms with E-state index in [0.717, 1.165) is 44.6 Å². The number of aliphatic hydroxyl groups excluding tert-OH is 2. The Balaban J connectivity index is 2.12. The molecule has 1 rings (SSSR count). The third kappa shape index (κ3) is 7.59. The van der Waals surface area contributed by atoms with Gasteiger partial charge in [-0.25, -0.2) is 0 Å². The van der Waals surface area contributed by atoms with Gasteiger partial charge in [-0.2, -0.15) is 0 Å². The molecule has 0 bridgehead atoms. The van der Waals surface area contributed by atoms with Crippen molar-refractivity contribution in [3.8, 4) is 0 Å². The van der Waals surface area contributed by atoms with Crippen LogP contribution in [0.3, 0.4) is 0 Å². The summed E-state index contributed by atoms with van der Waals surface area (Å²) in [6.45, 7) is 6.24. The quantitative estimate of drug-likeness (QED) is 0.513. The highest BCUT2D eigenvalue weighted by Gasteiger charge is 2.33. The van der Waals surface area contributed by atoms with Crippen LogP contribution in [-0.4, -0.2) is 48.2 Å². The van der Waals surface area contributed by atoms with Crippen LogP contribution in [0.2, 0.25) is 0 Å². The first-order chi connectivity index (χ1) is 10.1. The molecule has 0 radical (unpaired) electrons. The van der Waals surface area contributed by atoms with Gasteiger partial charge >= 0.3 is 0 Å². The lowest BCUT2D eigenvalue weighted by molar-refractivity contribution is 0.0226. The van der Waals surface area contributed by atoms with Gasteiger partial charge in [0.1, 0.15) is 0 Å². The molecule has 1 saturated carbocycles. The molecule has 0 aromatic heterocycles. The highest BCUT2D eigenvalue weighted by atomic mass is 16.5. The van der Waals surface area contributed by atoms with Crippen molar-refractivity contribution in [1.82, 2.24) is 5.32 Å². The van der Waals surface area contributed by atoms with E-state index in [2.05, 4.69) is 19.2 Å². The summed E-state index contributed by atoms with van der Waals surface area (Å²) in [5.41, 5.74) is -0.186. The number of hydrogen-bond acceptors (Lipinski definition) is 4. The molecule has 0 aliphatic heterocycles. The number of aliphatic hydroxyl groups is 2. The van der Waals surface area contributed by atoms with Gasteiger partial charge in [0.2, 0.25) is 0 Å². The summed E-state index contributed by atoms with van der Waals surface area (Å²) in [4.78, 5) is 0. The zero-order valence-electron chi connectivity index (χ0n) is 13.9. The molecule has 0 saturated heterocycles. The van der Waals surface area contributed by atoms with E-state index < -0.39 is 6.10 Å². The van der Waals surface area contributed by atoms with Crippen molar-refractivity contribution < 1.29 is 14.9 Å². The van der Waals surface area contributed by atoms with Crippen LogP contribution in [0.25, 0.3) is 0 Å². The van der Waals surface area contributed by atoms with Crippen LogP contribution < -0.4 is 5.32 Å². The van der Waals surface area contributed by atoms with Crippen molar-refractivity contribution in [3.05, 3.63) is 0 Å². The van der Waals surface area contributed by atoms with Crippen molar-refractivity contribution in [2.24, 2.45) is 5.92 Å². The second-order valence-electron chi connectivity index (χ2n) is 6.79. The molecule has 1 fully saturated rings. The number of rotatable bonds is 11. The first-order valence-corrected chi connectivity index (χ1v) is 8.73. The predicted octanol–water partition coefficient (Wildman–Crippen LogP) is 2.47. The molecular formula is C17H35NO3. The minimum absolute atomic E-state index is 0.157. The summed E-state index contributed by atoms with van der Waals surface area (Å²) < 4.78 is 5.51. The molecule has 3 N–H and O–H groups in total. The van der Waals surface area contributed by atoms with Crippen molar-refractivity contribution in [2.75, 3.05) is 26.4 Å². The molecule has 0 spiro atoms. The van der Waals surface area contributed by atoms with Gasteiger partial charge in [0.05, 0.1) is 19.3 Å². The molecule has 0 heterocycles. The van der Waals surface area contributed by atoms with E-state index in [-0.39, 0.29) is 12.1 Å². The van der Waals surface area contributed by atoms with Gasteiger partial charge in [-0.1, -0.05) is 33.1 Å². The fraction of sp³-hybridized carbons (Fsp3) is 1.00. The van der Waals surface area contributed by atoms with Crippen molar-refractivity contribution in [3.63, 3.8) is 0 Å². The maximum absolute atomic E-state index is 9.98. The van der Waals surface area contributed by atoms with E-state index in [9.17, 15) is 10.2 Å². The van der Waals surface area contributed by atoms with E-state index in [4.69, 9.17) is 4.74 Å². The number of unbranched alkanes of at least 4 members (excludes halogenated alkanes) is 3. The summed E-state index contributed by atoms with van der Waals surface area (Å²) in [6.07, 6.45) is 8.57. The van der Waals surface area contributed by atoms with Gasteiger partial charge in [-0.3, -0.25) is 0 Å². The molecule has 4 nitrogen and oxygen atoms in total. The van der Waals surface area contributed by atoms with Crippen molar-refractivity contribution in [2.45, 2.75) is 76.9 Å². The number of ether oxygens (including phenoxy) is 1. The van der Waals surface area contributed by atoms with Gasteiger partial charge in [0, 0.05) is 18.7 Å². The lowest BCUT2D eigenvalue weighted by atomic mass is 9.77. The largest absolute Gasteiger partial charge is 0.394 e. The molecule has 126 valence electrons. The van der Waals surface area contributed by atoms with E-state index in [1.807, 2.05) is 0 Å². The van der Waals surface area contributed by atoms with E-state index in [0.29, 0.717) is 13.2 Å². The van der Waals surface area contributed by atoms with Gasteiger partial charge in [-0.15, -0.1) is 0 Å². The van der Waals surface area contributed by atoms with Gasteiger partial charge in [-0.05, 0) is 38.0 Å². The average Bonchev–Trinajstić information content (AvgIpc) is 2.51. The molecule has 0 amide bonds. The first kappa shape index (κ1) is 18.9. The Morgan fingerprint density at radius 2 is 1.95 bits per heavy atom. The standard InChI is InChI=1S/C17H35NO3/c1-3-4-5-6-11-21-13-16(20)12-18-17(14-19)9-7-15(2)8-10-17/h15-16,18-20H,3-14H2,1-2H3. The number of hydrogen-bond donors (Lipinski definition) is 3. The van der Waals surface area contributed by atoms with Crippen molar-refractivity contribution >= 4 is 0 Å².